The lowest BCUT2D eigenvalue weighted by molar-refractivity contribution is 0.594. The predicted molar refractivity (Wildman–Crippen MR) is 97.3 cm³/mol. The maximum absolute atomic E-state index is 12.3. The number of benzene rings is 2. The van der Waals surface area contributed by atoms with E-state index in [1.54, 1.807) is 31.3 Å². The predicted octanol–water partition coefficient (Wildman–Crippen LogP) is 2.10. The van der Waals surface area contributed by atoms with Crippen molar-refractivity contribution in [1.82, 2.24) is 5.32 Å². The van der Waals surface area contributed by atoms with E-state index in [1.165, 1.54) is 5.56 Å². The molecule has 2 aromatic rings. The number of sulfone groups is 1. The van der Waals surface area contributed by atoms with Crippen molar-refractivity contribution in [3.63, 3.8) is 0 Å². The molecule has 0 aliphatic carbocycles. The molecule has 5 nitrogen and oxygen atoms in total. The number of para-hydroxylation sites is 1. The van der Waals surface area contributed by atoms with Crippen LogP contribution in [0.5, 0.6) is 0 Å². The molecule has 1 aliphatic rings. The highest BCUT2D eigenvalue weighted by Gasteiger charge is 2.22. The van der Waals surface area contributed by atoms with E-state index in [-0.39, 0.29) is 5.75 Å². The average molecular weight is 343 g/mol. The molecule has 0 atom stereocenters. The molecule has 0 radical (unpaired) electrons. The minimum absolute atomic E-state index is 0.0333. The van der Waals surface area contributed by atoms with Gasteiger partial charge in [0.25, 0.3) is 0 Å². The maximum atomic E-state index is 12.3. The summed E-state index contributed by atoms with van der Waals surface area (Å²) in [6, 6.07) is 16.8. The number of nitrogens with one attached hydrogen (secondary N) is 1. The van der Waals surface area contributed by atoms with Crippen molar-refractivity contribution in [3.05, 3.63) is 60.2 Å². The molecule has 1 aliphatic heterocycles. The van der Waals surface area contributed by atoms with Crippen molar-refractivity contribution in [2.75, 3.05) is 30.8 Å². The quantitative estimate of drug-likeness (QED) is 0.682. The fourth-order valence-corrected chi connectivity index (χ4v) is 4.07. The van der Waals surface area contributed by atoms with Gasteiger partial charge in [-0.15, -0.1) is 0 Å². The van der Waals surface area contributed by atoms with Crippen LogP contribution in [0.4, 0.5) is 5.69 Å². The van der Waals surface area contributed by atoms with Crippen molar-refractivity contribution < 1.29 is 8.42 Å². The number of hydrogen-bond donors (Lipinski definition) is 1. The first kappa shape index (κ1) is 16.5. The minimum atomic E-state index is -3.28. The van der Waals surface area contributed by atoms with E-state index in [4.69, 9.17) is 0 Å². The number of rotatable bonds is 4. The van der Waals surface area contributed by atoms with Crippen LogP contribution in [-0.4, -0.2) is 40.3 Å². The van der Waals surface area contributed by atoms with Crippen molar-refractivity contribution in [2.45, 2.75) is 11.3 Å². The van der Waals surface area contributed by atoms with Gasteiger partial charge in [-0.2, -0.15) is 0 Å². The van der Waals surface area contributed by atoms with Gasteiger partial charge in [0.1, 0.15) is 0 Å². The van der Waals surface area contributed by atoms with Crippen LogP contribution in [0.2, 0.25) is 0 Å². The number of anilines is 1. The smallest absolute Gasteiger partial charge is 0.198 e. The summed E-state index contributed by atoms with van der Waals surface area (Å²) in [5, 5.41) is 3.17. The second kappa shape index (κ2) is 7.05. The Morgan fingerprint density at radius 3 is 2.58 bits per heavy atom. The lowest BCUT2D eigenvalue weighted by atomic mass is 10.2. The van der Waals surface area contributed by atoms with Crippen LogP contribution in [0.3, 0.4) is 0 Å². The Morgan fingerprint density at radius 2 is 1.83 bits per heavy atom. The van der Waals surface area contributed by atoms with Crippen LogP contribution in [0, 0.1) is 0 Å². The van der Waals surface area contributed by atoms with E-state index in [0.717, 1.165) is 18.7 Å². The Morgan fingerprint density at radius 1 is 1.12 bits per heavy atom. The van der Waals surface area contributed by atoms with E-state index in [0.29, 0.717) is 17.4 Å². The molecule has 1 N–H and O–H groups in total. The summed E-state index contributed by atoms with van der Waals surface area (Å²) in [5.41, 5.74) is 2.42. The van der Waals surface area contributed by atoms with Crippen molar-refractivity contribution in [3.8, 4) is 0 Å². The van der Waals surface area contributed by atoms with E-state index in [2.05, 4.69) is 27.3 Å². The molecule has 126 valence electrons. The molecule has 1 heterocycles. The Kier molecular flexibility index (Phi) is 4.85. The summed E-state index contributed by atoms with van der Waals surface area (Å²) in [4.78, 5) is 6.75. The van der Waals surface area contributed by atoms with E-state index >= 15 is 0 Å². The normalized spacial score (nSPS) is 14.5. The Labute approximate surface area is 143 Å². The molecular weight excluding hydrogens is 322 g/mol. The van der Waals surface area contributed by atoms with Crippen LogP contribution in [-0.2, 0) is 16.3 Å². The Hall–Kier alpha value is -2.34. The van der Waals surface area contributed by atoms with Gasteiger partial charge in [0, 0.05) is 25.8 Å². The molecule has 0 saturated carbocycles. The molecule has 3 rings (SSSR count). The van der Waals surface area contributed by atoms with Gasteiger partial charge in [0.2, 0.25) is 0 Å². The second-order valence-electron chi connectivity index (χ2n) is 5.64. The summed E-state index contributed by atoms with van der Waals surface area (Å²) in [6.45, 7) is 1.17. The fraction of sp³-hybridized carbons (Fsp3) is 0.278. The molecule has 6 heteroatoms. The summed E-state index contributed by atoms with van der Waals surface area (Å²) in [7, 11) is -1.57. The molecule has 0 fully saturated rings. The summed E-state index contributed by atoms with van der Waals surface area (Å²) < 4.78 is 24.7. The van der Waals surface area contributed by atoms with E-state index in [9.17, 15) is 8.42 Å². The number of hydrogen-bond acceptors (Lipinski definition) is 3. The number of guanidine groups is 1. The third-order valence-electron chi connectivity index (χ3n) is 4.11. The van der Waals surface area contributed by atoms with Crippen LogP contribution in [0.15, 0.2) is 64.5 Å². The van der Waals surface area contributed by atoms with Gasteiger partial charge in [0.05, 0.1) is 10.6 Å². The lowest BCUT2D eigenvalue weighted by Gasteiger charge is -2.22. The molecular formula is C18H21N3O2S. The van der Waals surface area contributed by atoms with Gasteiger partial charge in [-0.25, -0.2) is 8.42 Å². The van der Waals surface area contributed by atoms with Gasteiger partial charge in [-0.05, 0) is 30.2 Å². The minimum Gasteiger partial charge on any atom is -0.355 e. The average Bonchev–Trinajstić information content (AvgIpc) is 3.03. The summed E-state index contributed by atoms with van der Waals surface area (Å²) in [6.07, 6.45) is 0.971. The summed E-state index contributed by atoms with van der Waals surface area (Å²) in [5.74, 6) is 0.745. The zero-order valence-corrected chi connectivity index (χ0v) is 14.5. The Balaban J connectivity index is 1.64. The highest BCUT2D eigenvalue weighted by Crippen LogP contribution is 2.27. The number of nitrogens with zero attached hydrogens (tertiary/aromatic N) is 2. The SMILES string of the molecule is CN=C(NCCS(=O)(=O)c1ccccc1)N1CCc2ccccc21. The fourth-order valence-electron chi connectivity index (χ4n) is 2.90. The van der Waals surface area contributed by atoms with Gasteiger partial charge in [0.15, 0.2) is 15.8 Å². The zero-order valence-electron chi connectivity index (χ0n) is 13.6. The molecule has 0 amide bonds. The lowest BCUT2D eigenvalue weighted by Crippen LogP contribution is -2.42. The molecule has 0 aromatic heterocycles. The topological polar surface area (TPSA) is 61.8 Å². The Bertz CT molecular complexity index is 832. The highest BCUT2D eigenvalue weighted by molar-refractivity contribution is 7.91. The highest BCUT2D eigenvalue weighted by atomic mass is 32.2. The monoisotopic (exact) mass is 343 g/mol. The molecule has 0 saturated heterocycles. The van der Waals surface area contributed by atoms with Crippen molar-refractivity contribution in [1.29, 1.82) is 0 Å². The van der Waals surface area contributed by atoms with E-state index in [1.807, 2.05) is 18.2 Å². The van der Waals surface area contributed by atoms with Crippen molar-refractivity contribution in [2.24, 2.45) is 4.99 Å². The van der Waals surface area contributed by atoms with Gasteiger partial charge in [-0.1, -0.05) is 36.4 Å². The molecule has 0 bridgehead atoms. The third kappa shape index (κ3) is 3.43. The van der Waals surface area contributed by atoms with Gasteiger partial charge >= 0.3 is 0 Å². The molecule has 0 unspecified atom stereocenters. The standard InChI is InChI=1S/C18H21N3O2S/c1-19-18(21-13-11-15-7-5-6-10-17(15)21)20-12-14-24(22,23)16-8-3-2-4-9-16/h2-10H,11-14H2,1H3,(H,19,20). The molecule has 0 spiro atoms. The van der Waals surface area contributed by atoms with E-state index < -0.39 is 9.84 Å². The molecule has 2 aromatic carbocycles. The maximum Gasteiger partial charge on any atom is 0.198 e. The zero-order chi connectivity index (χ0) is 17.0. The van der Waals surface area contributed by atoms with Gasteiger partial charge in [-0.3, -0.25) is 4.99 Å². The van der Waals surface area contributed by atoms with Crippen LogP contribution in [0.25, 0.3) is 0 Å². The number of fused-ring (bicyclic) bond motifs is 1. The largest absolute Gasteiger partial charge is 0.355 e. The van der Waals surface area contributed by atoms with Crippen LogP contribution < -0.4 is 10.2 Å². The first-order valence-corrected chi connectivity index (χ1v) is 9.61. The first-order chi connectivity index (χ1) is 11.6. The second-order valence-corrected chi connectivity index (χ2v) is 7.75. The van der Waals surface area contributed by atoms with Crippen LogP contribution >= 0.6 is 0 Å². The van der Waals surface area contributed by atoms with Crippen LogP contribution in [0.1, 0.15) is 5.56 Å². The summed E-state index contributed by atoms with van der Waals surface area (Å²) >= 11 is 0. The van der Waals surface area contributed by atoms with Crippen molar-refractivity contribution >= 4 is 21.5 Å². The number of aliphatic imine (C=N–C) groups is 1. The molecule has 24 heavy (non-hydrogen) atoms. The van der Waals surface area contributed by atoms with Gasteiger partial charge < -0.3 is 10.2 Å². The third-order valence-corrected chi connectivity index (χ3v) is 5.84. The first-order valence-electron chi connectivity index (χ1n) is 7.96.